The van der Waals surface area contributed by atoms with Crippen LogP contribution >= 0.6 is 23.2 Å². The van der Waals surface area contributed by atoms with E-state index in [1.807, 2.05) is 48.5 Å². The third kappa shape index (κ3) is 3.33. The van der Waals surface area contributed by atoms with Crippen LogP contribution in [0.1, 0.15) is 17.2 Å². The molecule has 2 aromatic carbocycles. The molecule has 2 aromatic rings. The minimum absolute atomic E-state index is 0.0575. The van der Waals surface area contributed by atoms with Gasteiger partial charge in [0.05, 0.1) is 6.61 Å². The molecule has 104 valence electrons. The Kier molecular flexibility index (Phi) is 4.27. The van der Waals surface area contributed by atoms with E-state index in [-0.39, 0.29) is 12.4 Å². The fourth-order valence-electron chi connectivity index (χ4n) is 2.30. The minimum Gasteiger partial charge on any atom is -0.349 e. The number of ether oxygens (including phenoxy) is 2. The first-order valence-corrected chi connectivity index (χ1v) is 7.23. The maximum Gasteiger partial charge on any atom is 0.162 e. The number of rotatable bonds is 3. The molecule has 0 aromatic heterocycles. The molecular weight excluding hydrogens is 295 g/mol. The van der Waals surface area contributed by atoms with Gasteiger partial charge in [0, 0.05) is 16.5 Å². The molecule has 20 heavy (non-hydrogen) atoms. The van der Waals surface area contributed by atoms with E-state index in [9.17, 15) is 0 Å². The van der Waals surface area contributed by atoms with Crippen LogP contribution in [0.5, 0.6) is 0 Å². The Bertz CT molecular complexity index is 601. The Balaban J connectivity index is 1.65. The van der Waals surface area contributed by atoms with Crippen molar-refractivity contribution in [1.82, 2.24) is 0 Å². The normalized spacial score (nSPS) is 22.1. The first kappa shape index (κ1) is 13.9. The molecule has 0 bridgehead atoms. The number of hydrogen-bond acceptors (Lipinski definition) is 2. The van der Waals surface area contributed by atoms with E-state index >= 15 is 0 Å². The SMILES string of the molecule is Clc1cccc(C[C@H]2OC[C@H](c3cccc(Cl)c3)O2)c1. The van der Waals surface area contributed by atoms with Gasteiger partial charge in [0.1, 0.15) is 6.10 Å². The maximum absolute atomic E-state index is 6.00. The predicted octanol–water partition coefficient (Wildman–Crippen LogP) is 4.65. The summed E-state index contributed by atoms with van der Waals surface area (Å²) in [6.45, 7) is 0.547. The van der Waals surface area contributed by atoms with Crippen LogP contribution in [0.3, 0.4) is 0 Å². The highest BCUT2D eigenvalue weighted by Gasteiger charge is 2.27. The van der Waals surface area contributed by atoms with E-state index in [0.29, 0.717) is 18.1 Å². The molecule has 0 N–H and O–H groups in total. The Morgan fingerprint density at radius 3 is 2.50 bits per heavy atom. The third-order valence-corrected chi connectivity index (χ3v) is 3.73. The zero-order valence-electron chi connectivity index (χ0n) is 10.8. The summed E-state index contributed by atoms with van der Waals surface area (Å²) < 4.78 is 11.6. The van der Waals surface area contributed by atoms with Gasteiger partial charge in [-0.3, -0.25) is 0 Å². The average molecular weight is 309 g/mol. The topological polar surface area (TPSA) is 18.5 Å². The summed E-state index contributed by atoms with van der Waals surface area (Å²) in [6.07, 6.45) is 0.396. The molecule has 0 saturated carbocycles. The summed E-state index contributed by atoms with van der Waals surface area (Å²) in [5, 5.41) is 1.44. The molecule has 1 fully saturated rings. The Labute approximate surface area is 128 Å². The maximum atomic E-state index is 6.00. The molecule has 0 unspecified atom stereocenters. The summed E-state index contributed by atoms with van der Waals surface area (Å²) in [7, 11) is 0. The van der Waals surface area contributed by atoms with Gasteiger partial charge in [-0.2, -0.15) is 0 Å². The van der Waals surface area contributed by atoms with Crippen LogP contribution in [-0.2, 0) is 15.9 Å². The standard InChI is InChI=1S/C16H14Cl2O2/c17-13-5-1-3-11(7-13)8-16-19-10-15(20-16)12-4-2-6-14(18)9-12/h1-7,9,15-16H,8,10H2/t15-,16+/m1/s1. The van der Waals surface area contributed by atoms with Crippen LogP contribution in [0.4, 0.5) is 0 Å². The highest BCUT2D eigenvalue weighted by Crippen LogP contribution is 2.29. The smallest absolute Gasteiger partial charge is 0.162 e. The first-order valence-electron chi connectivity index (χ1n) is 6.48. The quantitative estimate of drug-likeness (QED) is 0.821. The molecule has 1 heterocycles. The first-order chi connectivity index (χ1) is 9.70. The van der Waals surface area contributed by atoms with E-state index in [2.05, 4.69) is 0 Å². The van der Waals surface area contributed by atoms with E-state index in [1.165, 1.54) is 0 Å². The van der Waals surface area contributed by atoms with Gasteiger partial charge in [0.25, 0.3) is 0 Å². The van der Waals surface area contributed by atoms with Crippen molar-refractivity contribution in [3.8, 4) is 0 Å². The van der Waals surface area contributed by atoms with E-state index in [1.54, 1.807) is 0 Å². The summed E-state index contributed by atoms with van der Waals surface area (Å²) in [5.41, 5.74) is 2.15. The Morgan fingerprint density at radius 2 is 1.75 bits per heavy atom. The summed E-state index contributed by atoms with van der Waals surface area (Å²) in [5.74, 6) is 0. The van der Waals surface area contributed by atoms with Crippen molar-refractivity contribution in [2.75, 3.05) is 6.61 Å². The second-order valence-corrected chi connectivity index (χ2v) is 5.65. The average Bonchev–Trinajstić information content (AvgIpc) is 2.87. The van der Waals surface area contributed by atoms with Crippen molar-refractivity contribution in [1.29, 1.82) is 0 Å². The molecule has 1 aliphatic rings. The lowest BCUT2D eigenvalue weighted by Gasteiger charge is -2.12. The second-order valence-electron chi connectivity index (χ2n) is 4.78. The molecule has 2 atom stereocenters. The zero-order valence-corrected chi connectivity index (χ0v) is 12.3. The lowest BCUT2D eigenvalue weighted by molar-refractivity contribution is -0.0563. The molecule has 0 aliphatic carbocycles. The predicted molar refractivity (Wildman–Crippen MR) is 80.2 cm³/mol. The van der Waals surface area contributed by atoms with Gasteiger partial charge in [-0.25, -0.2) is 0 Å². The third-order valence-electron chi connectivity index (χ3n) is 3.26. The van der Waals surface area contributed by atoms with Crippen LogP contribution in [0.15, 0.2) is 48.5 Å². The van der Waals surface area contributed by atoms with E-state index in [0.717, 1.165) is 16.1 Å². The molecule has 1 saturated heterocycles. The van der Waals surface area contributed by atoms with Crippen LogP contribution in [0, 0.1) is 0 Å². The Morgan fingerprint density at radius 1 is 1.00 bits per heavy atom. The largest absolute Gasteiger partial charge is 0.349 e. The molecule has 1 aliphatic heterocycles. The van der Waals surface area contributed by atoms with Crippen molar-refractivity contribution in [3.63, 3.8) is 0 Å². The van der Waals surface area contributed by atoms with E-state index < -0.39 is 0 Å². The van der Waals surface area contributed by atoms with Gasteiger partial charge >= 0.3 is 0 Å². The minimum atomic E-state index is -0.238. The molecular formula is C16H14Cl2O2. The van der Waals surface area contributed by atoms with Gasteiger partial charge < -0.3 is 9.47 Å². The van der Waals surface area contributed by atoms with Crippen molar-refractivity contribution in [3.05, 3.63) is 69.7 Å². The van der Waals surface area contributed by atoms with Crippen LogP contribution in [0.25, 0.3) is 0 Å². The van der Waals surface area contributed by atoms with Gasteiger partial charge in [0.15, 0.2) is 6.29 Å². The summed E-state index contributed by atoms with van der Waals surface area (Å²) in [6, 6.07) is 15.4. The lowest BCUT2D eigenvalue weighted by atomic mass is 10.1. The van der Waals surface area contributed by atoms with Gasteiger partial charge in [-0.15, -0.1) is 0 Å². The monoisotopic (exact) mass is 308 g/mol. The summed E-state index contributed by atoms with van der Waals surface area (Å²) in [4.78, 5) is 0. The molecule has 0 radical (unpaired) electrons. The molecule has 0 amide bonds. The van der Waals surface area contributed by atoms with Gasteiger partial charge in [-0.1, -0.05) is 47.5 Å². The van der Waals surface area contributed by atoms with Crippen molar-refractivity contribution < 1.29 is 9.47 Å². The fraction of sp³-hybridized carbons (Fsp3) is 0.250. The number of hydrogen-bond donors (Lipinski definition) is 0. The van der Waals surface area contributed by atoms with E-state index in [4.69, 9.17) is 32.7 Å². The molecule has 2 nitrogen and oxygen atoms in total. The highest BCUT2D eigenvalue weighted by molar-refractivity contribution is 6.30. The zero-order chi connectivity index (χ0) is 13.9. The van der Waals surface area contributed by atoms with Crippen molar-refractivity contribution in [2.24, 2.45) is 0 Å². The summed E-state index contributed by atoms with van der Waals surface area (Å²) >= 11 is 12.0. The molecule has 4 heteroatoms. The number of halogens is 2. The van der Waals surface area contributed by atoms with Crippen LogP contribution in [-0.4, -0.2) is 12.9 Å². The lowest BCUT2D eigenvalue weighted by Crippen LogP contribution is -2.11. The molecule has 0 spiro atoms. The van der Waals surface area contributed by atoms with Crippen molar-refractivity contribution in [2.45, 2.75) is 18.8 Å². The number of benzene rings is 2. The van der Waals surface area contributed by atoms with Gasteiger partial charge in [0.2, 0.25) is 0 Å². The van der Waals surface area contributed by atoms with Gasteiger partial charge in [-0.05, 0) is 35.4 Å². The fourth-order valence-corrected chi connectivity index (χ4v) is 2.71. The van der Waals surface area contributed by atoms with Crippen LogP contribution in [0.2, 0.25) is 10.0 Å². The van der Waals surface area contributed by atoms with Crippen molar-refractivity contribution >= 4 is 23.2 Å². The second kappa shape index (κ2) is 6.15. The Hall–Kier alpha value is -1.06. The molecule has 3 rings (SSSR count). The highest BCUT2D eigenvalue weighted by atomic mass is 35.5. The van der Waals surface area contributed by atoms with Crippen LogP contribution < -0.4 is 0 Å².